The highest BCUT2D eigenvalue weighted by Crippen LogP contribution is 2.23. The minimum Gasteiger partial charge on any atom is -0.340 e. The Morgan fingerprint density at radius 1 is 0.844 bits per heavy atom. The van der Waals surface area contributed by atoms with Crippen molar-refractivity contribution in [3.63, 3.8) is 0 Å². The summed E-state index contributed by atoms with van der Waals surface area (Å²) >= 11 is 1.74. The van der Waals surface area contributed by atoms with Gasteiger partial charge < -0.3 is 4.90 Å². The highest BCUT2D eigenvalue weighted by atomic mass is 32.1. The van der Waals surface area contributed by atoms with E-state index in [0.717, 1.165) is 40.9 Å². The predicted octanol–water partition coefficient (Wildman–Crippen LogP) is 4.76. The Kier molecular flexibility index (Phi) is 5.97. The summed E-state index contributed by atoms with van der Waals surface area (Å²) in [4.78, 5) is 34.3. The Bertz CT molecular complexity index is 1240. The second-order valence-corrected chi connectivity index (χ2v) is 9.33. The molecule has 0 N–H and O–H groups in total. The Morgan fingerprint density at radius 3 is 2.41 bits per heavy atom. The van der Waals surface area contributed by atoms with Crippen molar-refractivity contribution >= 4 is 44.0 Å². The average Bonchev–Trinajstić information content (AvgIpc) is 3.24. The van der Waals surface area contributed by atoms with Gasteiger partial charge in [0.1, 0.15) is 5.01 Å². The lowest BCUT2D eigenvalue weighted by molar-refractivity contribution is -0.132. The second-order valence-electron chi connectivity index (χ2n) is 8.22. The number of carbonyl (C=O) groups excluding carboxylic acids is 2. The third kappa shape index (κ3) is 4.56. The second kappa shape index (κ2) is 9.18. The number of aromatic nitrogens is 1. The summed E-state index contributed by atoms with van der Waals surface area (Å²) in [5, 5.41) is 3.28. The summed E-state index contributed by atoms with van der Waals surface area (Å²) in [6.07, 6.45) is 0.520. The zero-order valence-corrected chi connectivity index (χ0v) is 18.7. The number of benzene rings is 3. The summed E-state index contributed by atoms with van der Waals surface area (Å²) in [5.74, 6) is 0.0948. The molecule has 6 heteroatoms. The lowest BCUT2D eigenvalue weighted by atomic mass is 10.0. The molecule has 1 fully saturated rings. The van der Waals surface area contributed by atoms with Gasteiger partial charge in [0.25, 0.3) is 0 Å². The normalized spacial score (nSPS) is 14.8. The fourth-order valence-electron chi connectivity index (χ4n) is 4.22. The molecule has 0 aliphatic carbocycles. The molecule has 1 aliphatic rings. The van der Waals surface area contributed by atoms with Crippen LogP contribution in [-0.4, -0.2) is 52.7 Å². The number of thiazole rings is 1. The molecule has 1 aromatic heterocycles. The third-order valence-electron chi connectivity index (χ3n) is 6.06. The molecule has 4 aromatic rings. The van der Waals surface area contributed by atoms with Crippen LogP contribution >= 0.6 is 11.3 Å². The molecule has 0 spiro atoms. The van der Waals surface area contributed by atoms with Crippen LogP contribution in [0.5, 0.6) is 0 Å². The summed E-state index contributed by atoms with van der Waals surface area (Å²) in [7, 11) is 0. The van der Waals surface area contributed by atoms with Crippen LogP contribution in [0.2, 0.25) is 0 Å². The number of hydrogen-bond acceptors (Lipinski definition) is 5. The van der Waals surface area contributed by atoms with E-state index in [2.05, 4.69) is 11.0 Å². The van der Waals surface area contributed by atoms with E-state index in [1.54, 1.807) is 11.3 Å². The van der Waals surface area contributed by atoms with Gasteiger partial charge in [0.2, 0.25) is 5.91 Å². The molecular formula is C26H25N3O2S. The fraction of sp³-hybridized carbons (Fsp3) is 0.269. The number of nitrogens with zero attached hydrogens (tertiary/aromatic N) is 3. The summed E-state index contributed by atoms with van der Waals surface area (Å²) in [5.41, 5.74) is 1.73. The van der Waals surface area contributed by atoms with Gasteiger partial charge in [0, 0.05) is 44.6 Å². The molecule has 1 amide bonds. The predicted molar refractivity (Wildman–Crippen MR) is 129 cm³/mol. The van der Waals surface area contributed by atoms with E-state index < -0.39 is 0 Å². The van der Waals surface area contributed by atoms with Gasteiger partial charge in [-0.2, -0.15) is 0 Å². The van der Waals surface area contributed by atoms with E-state index in [1.807, 2.05) is 65.6 Å². The van der Waals surface area contributed by atoms with Gasteiger partial charge in [-0.25, -0.2) is 4.98 Å². The van der Waals surface area contributed by atoms with Crippen LogP contribution in [0.3, 0.4) is 0 Å². The molecule has 162 valence electrons. The van der Waals surface area contributed by atoms with Crippen molar-refractivity contribution in [2.24, 2.45) is 0 Å². The van der Waals surface area contributed by atoms with Crippen LogP contribution in [0.4, 0.5) is 0 Å². The van der Waals surface area contributed by atoms with Crippen molar-refractivity contribution in [2.75, 3.05) is 26.2 Å². The zero-order valence-electron chi connectivity index (χ0n) is 17.9. The molecular weight excluding hydrogens is 418 g/mol. The molecule has 2 heterocycles. The minimum atomic E-state index is 0.0265. The van der Waals surface area contributed by atoms with Gasteiger partial charge in [-0.15, -0.1) is 11.3 Å². The first kappa shape index (κ1) is 20.8. The number of carbonyl (C=O) groups is 2. The monoisotopic (exact) mass is 443 g/mol. The molecule has 5 rings (SSSR count). The van der Waals surface area contributed by atoms with Gasteiger partial charge in [-0.05, 0) is 29.0 Å². The van der Waals surface area contributed by atoms with Crippen molar-refractivity contribution in [3.8, 4) is 0 Å². The standard InChI is InChI=1S/C26H25N3O2S/c30-23(21-10-9-19-5-1-2-6-20(19)17-21)11-12-26(31)29-15-13-28(14-16-29)18-25-27-22-7-3-4-8-24(22)32-25/h1-10,17H,11-16,18H2. The van der Waals surface area contributed by atoms with Crippen LogP contribution in [0.25, 0.3) is 21.0 Å². The molecule has 3 aromatic carbocycles. The van der Waals surface area contributed by atoms with Crippen LogP contribution < -0.4 is 0 Å². The van der Waals surface area contributed by atoms with Crippen molar-refractivity contribution in [2.45, 2.75) is 19.4 Å². The quantitative estimate of drug-likeness (QED) is 0.403. The molecule has 1 aliphatic heterocycles. The van der Waals surface area contributed by atoms with Gasteiger partial charge in [-0.3, -0.25) is 14.5 Å². The number of ketones is 1. The molecule has 32 heavy (non-hydrogen) atoms. The highest BCUT2D eigenvalue weighted by molar-refractivity contribution is 7.18. The van der Waals surface area contributed by atoms with Crippen molar-refractivity contribution < 1.29 is 9.59 Å². The first-order valence-electron chi connectivity index (χ1n) is 11.0. The van der Waals surface area contributed by atoms with E-state index in [0.29, 0.717) is 18.7 Å². The number of hydrogen-bond donors (Lipinski definition) is 0. The first-order valence-corrected chi connectivity index (χ1v) is 11.8. The molecule has 0 atom stereocenters. The lowest BCUT2D eigenvalue weighted by Crippen LogP contribution is -2.48. The van der Waals surface area contributed by atoms with Gasteiger partial charge in [0.15, 0.2) is 5.78 Å². The summed E-state index contributed by atoms with van der Waals surface area (Å²) in [6, 6.07) is 21.9. The summed E-state index contributed by atoms with van der Waals surface area (Å²) in [6.45, 7) is 3.89. The maximum Gasteiger partial charge on any atom is 0.223 e. The number of rotatable bonds is 6. The first-order chi connectivity index (χ1) is 15.7. The van der Waals surface area contributed by atoms with Crippen molar-refractivity contribution in [3.05, 3.63) is 77.3 Å². The molecule has 5 nitrogen and oxygen atoms in total. The van der Waals surface area contributed by atoms with Crippen LogP contribution in [-0.2, 0) is 11.3 Å². The van der Waals surface area contributed by atoms with E-state index in [9.17, 15) is 9.59 Å². The lowest BCUT2D eigenvalue weighted by Gasteiger charge is -2.34. The minimum absolute atomic E-state index is 0.0265. The fourth-order valence-corrected chi connectivity index (χ4v) is 5.23. The number of piperazine rings is 1. The molecule has 0 saturated carbocycles. The molecule has 1 saturated heterocycles. The van der Waals surface area contributed by atoms with Crippen LogP contribution in [0.15, 0.2) is 66.7 Å². The highest BCUT2D eigenvalue weighted by Gasteiger charge is 2.22. The number of fused-ring (bicyclic) bond motifs is 2. The van der Waals surface area contributed by atoms with E-state index in [4.69, 9.17) is 4.98 Å². The zero-order chi connectivity index (χ0) is 21.9. The third-order valence-corrected chi connectivity index (χ3v) is 7.08. The topological polar surface area (TPSA) is 53.5 Å². The van der Waals surface area contributed by atoms with Gasteiger partial charge >= 0.3 is 0 Å². The largest absolute Gasteiger partial charge is 0.340 e. The number of para-hydroxylation sites is 1. The SMILES string of the molecule is O=C(CCC(=O)N1CCN(Cc2nc3ccccc3s2)CC1)c1ccc2ccccc2c1. The van der Waals surface area contributed by atoms with Crippen molar-refractivity contribution in [1.29, 1.82) is 0 Å². The van der Waals surface area contributed by atoms with Gasteiger partial charge in [0.05, 0.1) is 16.8 Å². The average molecular weight is 444 g/mol. The van der Waals surface area contributed by atoms with Crippen LogP contribution in [0.1, 0.15) is 28.2 Å². The Balaban J connectivity index is 1.11. The van der Waals surface area contributed by atoms with E-state index >= 15 is 0 Å². The maximum absolute atomic E-state index is 12.7. The maximum atomic E-state index is 12.7. The van der Waals surface area contributed by atoms with Crippen molar-refractivity contribution in [1.82, 2.24) is 14.8 Å². The smallest absolute Gasteiger partial charge is 0.223 e. The van der Waals surface area contributed by atoms with Gasteiger partial charge in [-0.1, -0.05) is 48.5 Å². The molecule has 0 bridgehead atoms. The van der Waals surface area contributed by atoms with Crippen LogP contribution in [0, 0.1) is 0 Å². The van der Waals surface area contributed by atoms with E-state index in [1.165, 1.54) is 4.70 Å². The number of Topliss-reactive ketones (excluding diaryl/α,β-unsaturated/α-hetero) is 1. The Morgan fingerprint density at radius 2 is 1.59 bits per heavy atom. The molecule has 0 radical (unpaired) electrons. The summed E-state index contributed by atoms with van der Waals surface area (Å²) < 4.78 is 1.22. The molecule has 0 unspecified atom stereocenters. The van der Waals surface area contributed by atoms with E-state index in [-0.39, 0.29) is 24.5 Å². The Hall–Kier alpha value is -3.09. The number of amides is 1. The Labute approximate surface area is 191 Å².